The van der Waals surface area contributed by atoms with Crippen LogP contribution in [0, 0.1) is 5.82 Å². The first-order valence-corrected chi connectivity index (χ1v) is 6.52. The van der Waals surface area contributed by atoms with E-state index in [0.29, 0.717) is 22.9 Å². The van der Waals surface area contributed by atoms with Crippen LogP contribution in [-0.4, -0.2) is 6.10 Å². The van der Waals surface area contributed by atoms with Gasteiger partial charge in [0, 0.05) is 30.0 Å². The molecule has 0 aliphatic heterocycles. The Morgan fingerprint density at radius 1 is 1.05 bits per heavy atom. The van der Waals surface area contributed by atoms with Crippen LogP contribution in [0.2, 0.25) is 5.02 Å². The molecule has 0 bridgehead atoms. The molecule has 0 aliphatic rings. The van der Waals surface area contributed by atoms with Crippen LogP contribution in [0.15, 0.2) is 36.4 Å². The first kappa shape index (κ1) is 14.5. The highest BCUT2D eigenvalue weighted by molar-refractivity contribution is 6.30. The van der Waals surface area contributed by atoms with Crippen LogP contribution < -0.4 is 15.2 Å². The molecule has 20 heavy (non-hydrogen) atoms. The monoisotopic (exact) mass is 295 g/mol. The molecular formula is C15H15ClFNO2. The quantitative estimate of drug-likeness (QED) is 0.836. The Bertz CT molecular complexity index is 617. The molecule has 5 heteroatoms. The molecule has 0 heterocycles. The molecule has 3 nitrogen and oxygen atoms in total. The third-order valence-electron chi connectivity index (χ3n) is 2.40. The van der Waals surface area contributed by atoms with Gasteiger partial charge in [0.25, 0.3) is 0 Å². The van der Waals surface area contributed by atoms with E-state index in [1.807, 2.05) is 13.8 Å². The first-order chi connectivity index (χ1) is 9.44. The van der Waals surface area contributed by atoms with Crippen molar-refractivity contribution in [2.75, 3.05) is 5.73 Å². The van der Waals surface area contributed by atoms with Crippen molar-refractivity contribution in [1.82, 2.24) is 0 Å². The zero-order valence-corrected chi connectivity index (χ0v) is 11.9. The Morgan fingerprint density at radius 3 is 2.40 bits per heavy atom. The number of nitrogens with two attached hydrogens (primary N) is 1. The minimum atomic E-state index is -0.535. The van der Waals surface area contributed by atoms with E-state index in [-0.39, 0.29) is 11.1 Å². The van der Waals surface area contributed by atoms with Gasteiger partial charge < -0.3 is 15.2 Å². The van der Waals surface area contributed by atoms with Crippen molar-refractivity contribution in [2.24, 2.45) is 0 Å². The molecule has 0 saturated carbocycles. The SMILES string of the molecule is CC(C)Oc1cc(N)cc(Oc2ccc(Cl)c(F)c2)c1. The second-order valence-corrected chi connectivity index (χ2v) is 4.99. The Kier molecular flexibility index (Phi) is 4.35. The standard InChI is InChI=1S/C15H15ClFNO2/c1-9(2)19-12-5-10(18)6-13(7-12)20-11-3-4-14(16)15(17)8-11/h3-9H,18H2,1-2H3. The van der Waals surface area contributed by atoms with Crippen LogP contribution >= 0.6 is 11.6 Å². The summed E-state index contributed by atoms with van der Waals surface area (Å²) in [5.74, 6) is 0.881. The van der Waals surface area contributed by atoms with Gasteiger partial charge in [-0.15, -0.1) is 0 Å². The maximum absolute atomic E-state index is 13.4. The molecule has 0 aromatic heterocycles. The van der Waals surface area contributed by atoms with Crippen LogP contribution in [0.5, 0.6) is 17.2 Å². The van der Waals surface area contributed by atoms with Gasteiger partial charge in [-0.1, -0.05) is 11.6 Å². The van der Waals surface area contributed by atoms with Crippen molar-refractivity contribution in [1.29, 1.82) is 0 Å². The number of anilines is 1. The Morgan fingerprint density at radius 2 is 1.75 bits per heavy atom. The van der Waals surface area contributed by atoms with Gasteiger partial charge in [-0.3, -0.25) is 0 Å². The topological polar surface area (TPSA) is 44.5 Å². The molecular weight excluding hydrogens is 281 g/mol. The predicted molar refractivity (Wildman–Crippen MR) is 78.1 cm³/mol. The average molecular weight is 296 g/mol. The Hall–Kier alpha value is -1.94. The largest absolute Gasteiger partial charge is 0.491 e. The summed E-state index contributed by atoms with van der Waals surface area (Å²) < 4.78 is 24.5. The lowest BCUT2D eigenvalue weighted by atomic mass is 10.2. The second-order valence-electron chi connectivity index (χ2n) is 4.58. The van der Waals surface area contributed by atoms with E-state index in [1.54, 1.807) is 24.3 Å². The van der Waals surface area contributed by atoms with Crippen LogP contribution in [0.3, 0.4) is 0 Å². The number of benzene rings is 2. The van der Waals surface area contributed by atoms with E-state index < -0.39 is 5.82 Å². The summed E-state index contributed by atoms with van der Waals surface area (Å²) >= 11 is 5.62. The van der Waals surface area contributed by atoms with E-state index in [0.717, 1.165) is 0 Å². The lowest BCUT2D eigenvalue weighted by Crippen LogP contribution is -2.05. The number of hydrogen-bond donors (Lipinski definition) is 1. The number of rotatable bonds is 4. The minimum absolute atomic E-state index is 0.0256. The fourth-order valence-corrected chi connectivity index (χ4v) is 1.79. The molecule has 0 fully saturated rings. The lowest BCUT2D eigenvalue weighted by molar-refractivity contribution is 0.242. The van der Waals surface area contributed by atoms with Gasteiger partial charge in [0.05, 0.1) is 11.1 Å². The molecule has 0 unspecified atom stereocenters. The number of ether oxygens (including phenoxy) is 2. The second kappa shape index (κ2) is 6.01. The van der Waals surface area contributed by atoms with Gasteiger partial charge in [0.15, 0.2) is 0 Å². The van der Waals surface area contributed by atoms with Crippen molar-refractivity contribution in [3.8, 4) is 17.2 Å². The zero-order valence-electron chi connectivity index (χ0n) is 11.2. The Labute approximate surface area is 122 Å². The summed E-state index contributed by atoms with van der Waals surface area (Å²) in [6.45, 7) is 3.83. The van der Waals surface area contributed by atoms with Crippen molar-refractivity contribution in [2.45, 2.75) is 20.0 Å². The molecule has 2 rings (SSSR count). The average Bonchev–Trinajstić information content (AvgIpc) is 2.32. The first-order valence-electron chi connectivity index (χ1n) is 6.14. The molecule has 0 aliphatic carbocycles. The van der Waals surface area contributed by atoms with Crippen molar-refractivity contribution >= 4 is 17.3 Å². The molecule has 0 spiro atoms. The van der Waals surface area contributed by atoms with Gasteiger partial charge in [-0.25, -0.2) is 4.39 Å². The predicted octanol–water partition coefficient (Wildman–Crippen LogP) is 4.64. The van der Waals surface area contributed by atoms with E-state index in [2.05, 4.69) is 0 Å². The van der Waals surface area contributed by atoms with Crippen LogP contribution in [-0.2, 0) is 0 Å². The summed E-state index contributed by atoms with van der Waals surface area (Å²) in [6.07, 6.45) is 0.0256. The molecule has 0 atom stereocenters. The van der Waals surface area contributed by atoms with Gasteiger partial charge in [-0.05, 0) is 26.0 Å². The minimum Gasteiger partial charge on any atom is -0.491 e. The molecule has 2 aromatic rings. The van der Waals surface area contributed by atoms with Crippen LogP contribution in [0.25, 0.3) is 0 Å². The summed E-state index contributed by atoms with van der Waals surface area (Å²) in [7, 11) is 0. The smallest absolute Gasteiger partial charge is 0.145 e. The van der Waals surface area contributed by atoms with E-state index in [1.165, 1.54) is 12.1 Å². The molecule has 0 radical (unpaired) electrons. The fourth-order valence-electron chi connectivity index (χ4n) is 1.67. The normalized spacial score (nSPS) is 10.7. The number of hydrogen-bond acceptors (Lipinski definition) is 3. The van der Waals surface area contributed by atoms with Gasteiger partial charge >= 0.3 is 0 Å². The van der Waals surface area contributed by atoms with Gasteiger partial charge in [0.2, 0.25) is 0 Å². The highest BCUT2D eigenvalue weighted by Crippen LogP contribution is 2.30. The molecule has 2 aromatic carbocycles. The maximum atomic E-state index is 13.4. The van der Waals surface area contributed by atoms with E-state index >= 15 is 0 Å². The van der Waals surface area contributed by atoms with Crippen molar-refractivity contribution in [3.05, 3.63) is 47.2 Å². The van der Waals surface area contributed by atoms with Crippen LogP contribution in [0.1, 0.15) is 13.8 Å². The zero-order chi connectivity index (χ0) is 14.7. The number of nitrogen functional groups attached to an aromatic ring is 1. The van der Waals surface area contributed by atoms with Crippen molar-refractivity contribution < 1.29 is 13.9 Å². The summed E-state index contributed by atoms with van der Waals surface area (Å²) in [5, 5.41) is 0.0498. The summed E-state index contributed by atoms with van der Waals surface area (Å²) in [4.78, 5) is 0. The van der Waals surface area contributed by atoms with Crippen molar-refractivity contribution in [3.63, 3.8) is 0 Å². The number of halogens is 2. The van der Waals surface area contributed by atoms with Gasteiger partial charge in [-0.2, -0.15) is 0 Å². The fraction of sp³-hybridized carbons (Fsp3) is 0.200. The van der Waals surface area contributed by atoms with Gasteiger partial charge in [0.1, 0.15) is 23.1 Å². The molecule has 0 saturated heterocycles. The van der Waals surface area contributed by atoms with E-state index in [9.17, 15) is 4.39 Å². The highest BCUT2D eigenvalue weighted by Gasteiger charge is 2.06. The summed E-state index contributed by atoms with van der Waals surface area (Å²) in [5.41, 5.74) is 6.29. The maximum Gasteiger partial charge on any atom is 0.145 e. The molecule has 2 N–H and O–H groups in total. The van der Waals surface area contributed by atoms with Crippen LogP contribution in [0.4, 0.5) is 10.1 Å². The molecule has 106 valence electrons. The lowest BCUT2D eigenvalue weighted by Gasteiger charge is -2.13. The Balaban J connectivity index is 2.24. The summed E-state index contributed by atoms with van der Waals surface area (Å²) in [6, 6.07) is 9.27. The third kappa shape index (κ3) is 3.78. The van der Waals surface area contributed by atoms with E-state index in [4.69, 9.17) is 26.8 Å². The third-order valence-corrected chi connectivity index (χ3v) is 2.71. The molecule has 0 amide bonds. The highest BCUT2D eigenvalue weighted by atomic mass is 35.5.